The number of carbonyl (C=O) groups excluding carboxylic acids is 1. The third-order valence-corrected chi connectivity index (χ3v) is 5.57. The molecule has 1 fully saturated rings. The van der Waals surface area contributed by atoms with Crippen molar-refractivity contribution in [3.63, 3.8) is 0 Å². The average molecular weight is 459 g/mol. The molecule has 12 nitrogen and oxygen atoms in total. The Balaban J connectivity index is 1.41. The number of hydrogen-bond donors (Lipinski definition) is 5. The third-order valence-electron chi connectivity index (χ3n) is 5.57. The van der Waals surface area contributed by atoms with Crippen LogP contribution in [-0.4, -0.2) is 72.5 Å². The molecular formula is C20H24BN4O8-. The van der Waals surface area contributed by atoms with Crippen molar-refractivity contribution >= 4 is 18.6 Å². The van der Waals surface area contributed by atoms with E-state index in [4.69, 9.17) is 15.1 Å². The molecule has 2 aromatic rings. The number of benzene rings is 1. The topological polar surface area (TPSA) is 181 Å². The summed E-state index contributed by atoms with van der Waals surface area (Å²) in [4.78, 5) is 30.1. The second-order valence-electron chi connectivity index (χ2n) is 8.24. The molecule has 1 aromatic heterocycles. The number of rotatable bonds is 7. The highest BCUT2D eigenvalue weighted by Gasteiger charge is 2.38. The lowest BCUT2D eigenvalue weighted by Crippen LogP contribution is -2.58. The maximum absolute atomic E-state index is 12.7. The molecule has 1 amide bonds. The lowest BCUT2D eigenvalue weighted by atomic mass is 9.70. The number of nitrogens with zero attached hydrogens (tertiary/aromatic N) is 3. The summed E-state index contributed by atoms with van der Waals surface area (Å²) in [5.74, 6) is -1.86. The molecule has 13 heteroatoms. The normalized spacial score (nSPS) is 18.0. The number of carbonyl (C=O) groups is 2. The van der Waals surface area contributed by atoms with Gasteiger partial charge in [-0.25, -0.2) is 9.78 Å². The minimum Gasteiger partial charge on any atom is -0.669 e. The zero-order chi connectivity index (χ0) is 23.9. The maximum Gasteiger partial charge on any atom is 0.430 e. The first-order valence-corrected chi connectivity index (χ1v) is 10.3. The van der Waals surface area contributed by atoms with Crippen LogP contribution in [0.3, 0.4) is 0 Å². The number of fused-ring (bicyclic) bond motifs is 1. The van der Waals surface area contributed by atoms with Gasteiger partial charge in [-0.15, -0.1) is 0 Å². The number of likely N-dealkylation sites (tertiary alicyclic amines) is 1. The van der Waals surface area contributed by atoms with Gasteiger partial charge in [-0.3, -0.25) is 4.79 Å². The highest BCUT2D eigenvalue weighted by Crippen LogP contribution is 2.39. The number of hydrogen-bond acceptors (Lipinski definition) is 9. The standard InChI is InChI=1S/C20H24BN4O8/c1-11(26)6-24-9-14(23-10-24)17(22)19(27)25-7-13(8-25)32-15-3-2-12-4-5-21(30,31)33-18(12)16(15)20(28)29/h2-3,9-10,13,17,26,30-31H,1,4-8,22H2,(H,28,29)/q-1. The first-order chi connectivity index (χ1) is 15.5. The van der Waals surface area contributed by atoms with Gasteiger partial charge in [0.05, 0.1) is 37.4 Å². The van der Waals surface area contributed by atoms with Crippen LogP contribution in [0.1, 0.15) is 27.7 Å². The summed E-state index contributed by atoms with van der Waals surface area (Å²) in [6.45, 7) is 0.773. The fourth-order valence-electron chi connectivity index (χ4n) is 3.86. The lowest BCUT2D eigenvalue weighted by Gasteiger charge is -2.41. The van der Waals surface area contributed by atoms with E-state index < -0.39 is 24.9 Å². The monoisotopic (exact) mass is 459 g/mol. The molecule has 6 N–H and O–H groups in total. The van der Waals surface area contributed by atoms with E-state index in [1.165, 1.54) is 17.3 Å². The van der Waals surface area contributed by atoms with Gasteiger partial charge in [0.1, 0.15) is 29.2 Å². The van der Waals surface area contributed by atoms with Crippen LogP contribution in [0.25, 0.3) is 0 Å². The predicted octanol–water partition coefficient (Wildman–Crippen LogP) is -0.199. The minimum absolute atomic E-state index is 0.0131. The predicted molar refractivity (Wildman–Crippen MR) is 115 cm³/mol. The van der Waals surface area contributed by atoms with Crippen LogP contribution >= 0.6 is 0 Å². The van der Waals surface area contributed by atoms with Crippen LogP contribution < -0.4 is 15.1 Å². The molecule has 0 spiro atoms. The Morgan fingerprint density at radius 1 is 1.33 bits per heavy atom. The fraction of sp³-hybridized carbons (Fsp3) is 0.350. The van der Waals surface area contributed by atoms with E-state index >= 15 is 0 Å². The van der Waals surface area contributed by atoms with Gasteiger partial charge in [-0.2, -0.15) is 0 Å². The molecule has 2 aliphatic heterocycles. The van der Waals surface area contributed by atoms with Crippen molar-refractivity contribution < 1.29 is 39.2 Å². The molecule has 4 rings (SSSR count). The number of aliphatic hydroxyl groups is 1. The number of aryl methyl sites for hydroxylation is 1. The highest BCUT2D eigenvalue weighted by molar-refractivity contribution is 6.59. The maximum atomic E-state index is 12.7. The molecule has 1 atom stereocenters. The fourth-order valence-corrected chi connectivity index (χ4v) is 3.86. The van der Waals surface area contributed by atoms with Crippen LogP contribution in [0.4, 0.5) is 0 Å². The van der Waals surface area contributed by atoms with Gasteiger partial charge in [0.2, 0.25) is 5.91 Å². The zero-order valence-corrected chi connectivity index (χ0v) is 17.6. The van der Waals surface area contributed by atoms with E-state index in [0.29, 0.717) is 11.3 Å². The van der Waals surface area contributed by atoms with Gasteiger partial charge in [-0.1, -0.05) is 19.0 Å². The summed E-state index contributed by atoms with van der Waals surface area (Å²) < 4.78 is 12.5. The molecule has 0 bridgehead atoms. The molecule has 1 unspecified atom stereocenters. The number of aromatic carboxylic acids is 1. The second-order valence-corrected chi connectivity index (χ2v) is 8.24. The van der Waals surface area contributed by atoms with Crippen molar-refractivity contribution in [3.05, 3.63) is 53.8 Å². The van der Waals surface area contributed by atoms with E-state index in [0.717, 1.165) is 0 Å². The number of carboxylic acids is 1. The quantitative estimate of drug-likeness (QED) is 0.275. The van der Waals surface area contributed by atoms with Gasteiger partial charge >= 0.3 is 12.7 Å². The van der Waals surface area contributed by atoms with Crippen LogP contribution in [0.2, 0.25) is 6.32 Å². The van der Waals surface area contributed by atoms with E-state index in [2.05, 4.69) is 11.6 Å². The third kappa shape index (κ3) is 4.65. The van der Waals surface area contributed by atoms with Crippen LogP contribution in [0.15, 0.2) is 37.0 Å². The zero-order valence-electron chi connectivity index (χ0n) is 17.6. The molecule has 2 aliphatic rings. The second kappa shape index (κ2) is 8.43. The lowest BCUT2D eigenvalue weighted by molar-refractivity contribution is -0.141. The largest absolute Gasteiger partial charge is 0.669 e. The number of ether oxygens (including phenoxy) is 1. The Morgan fingerprint density at radius 3 is 2.73 bits per heavy atom. The smallest absolute Gasteiger partial charge is 0.430 e. The van der Waals surface area contributed by atoms with E-state index in [1.807, 2.05) is 0 Å². The molecule has 1 aromatic carbocycles. The number of allylic oxidation sites excluding steroid dienone is 1. The highest BCUT2D eigenvalue weighted by atomic mass is 16.6. The Bertz CT molecular complexity index is 1110. The van der Waals surface area contributed by atoms with Crippen LogP contribution in [0, 0.1) is 0 Å². The molecule has 33 heavy (non-hydrogen) atoms. The molecule has 0 radical (unpaired) electrons. The molecular weight excluding hydrogens is 435 g/mol. The first kappa shape index (κ1) is 22.6. The number of aromatic nitrogens is 2. The molecule has 0 saturated carbocycles. The number of aliphatic hydroxyl groups excluding tert-OH is 1. The van der Waals surface area contributed by atoms with Crippen molar-refractivity contribution in [1.29, 1.82) is 0 Å². The number of imidazole rings is 1. The Hall–Kier alpha value is -3.55. The molecule has 3 heterocycles. The van der Waals surface area contributed by atoms with Gasteiger partial charge in [0.25, 0.3) is 0 Å². The number of nitrogens with two attached hydrogens (primary N) is 1. The Labute approximate surface area is 188 Å². The summed E-state index contributed by atoms with van der Waals surface area (Å²) >= 11 is 0. The van der Waals surface area contributed by atoms with Crippen molar-refractivity contribution in [2.24, 2.45) is 5.73 Å². The Kier molecular flexibility index (Phi) is 5.78. The van der Waals surface area contributed by atoms with Crippen molar-refractivity contribution in [2.45, 2.75) is 31.4 Å². The van der Waals surface area contributed by atoms with Gasteiger partial charge < -0.3 is 44.9 Å². The minimum atomic E-state index is -3.14. The summed E-state index contributed by atoms with van der Waals surface area (Å²) in [7, 11) is 0. The number of carboxylic acid groups (broad SMARTS) is 1. The number of amides is 1. The molecule has 176 valence electrons. The van der Waals surface area contributed by atoms with Crippen molar-refractivity contribution in [3.8, 4) is 11.5 Å². The van der Waals surface area contributed by atoms with Gasteiger partial charge in [0.15, 0.2) is 0 Å². The SMILES string of the molecule is C=C(O)Cn1cnc(C(N)C(=O)N2CC(Oc3ccc4c(c3C(=O)O)O[B-](O)(O)CC4)C2)c1. The van der Waals surface area contributed by atoms with Crippen molar-refractivity contribution in [2.75, 3.05) is 13.1 Å². The van der Waals surface area contributed by atoms with E-state index in [9.17, 15) is 29.9 Å². The van der Waals surface area contributed by atoms with Crippen molar-refractivity contribution in [1.82, 2.24) is 14.5 Å². The van der Waals surface area contributed by atoms with Gasteiger partial charge in [0, 0.05) is 6.20 Å². The average Bonchev–Trinajstić information content (AvgIpc) is 3.15. The van der Waals surface area contributed by atoms with Crippen LogP contribution in [0.5, 0.6) is 11.5 Å². The van der Waals surface area contributed by atoms with Crippen LogP contribution in [-0.2, 0) is 17.8 Å². The van der Waals surface area contributed by atoms with E-state index in [-0.39, 0.29) is 61.1 Å². The van der Waals surface area contributed by atoms with Gasteiger partial charge in [-0.05, 0) is 18.1 Å². The summed E-state index contributed by atoms with van der Waals surface area (Å²) in [6, 6.07) is 2.12. The molecule has 1 saturated heterocycles. The summed E-state index contributed by atoms with van der Waals surface area (Å²) in [5, 5.41) is 38.6. The first-order valence-electron chi connectivity index (χ1n) is 10.3. The summed E-state index contributed by atoms with van der Waals surface area (Å²) in [5.41, 5.74) is 6.61. The Morgan fingerprint density at radius 2 is 2.06 bits per heavy atom. The summed E-state index contributed by atoms with van der Waals surface area (Å²) in [6.07, 6.45) is 2.74. The van der Waals surface area contributed by atoms with E-state index in [1.54, 1.807) is 16.8 Å². The molecule has 0 aliphatic carbocycles.